The number of aromatic nitrogens is 4. The highest BCUT2D eigenvalue weighted by molar-refractivity contribution is 6.30. The molecule has 7 nitrogen and oxygen atoms in total. The monoisotopic (exact) mass is 342 g/mol. The maximum absolute atomic E-state index is 11.9. The number of rotatable bonds is 6. The number of benzene rings is 1. The van der Waals surface area contributed by atoms with Crippen molar-refractivity contribution in [3.63, 3.8) is 0 Å². The predicted octanol–water partition coefficient (Wildman–Crippen LogP) is 2.04. The molecule has 1 amide bonds. The number of nitrogens with one attached hydrogen (secondary N) is 2. The lowest BCUT2D eigenvalue weighted by Crippen LogP contribution is -2.29. The zero-order valence-electron chi connectivity index (χ0n) is 12.7. The molecule has 0 aliphatic rings. The van der Waals surface area contributed by atoms with Crippen molar-refractivity contribution in [2.75, 3.05) is 11.9 Å². The van der Waals surface area contributed by atoms with E-state index in [0.717, 1.165) is 5.56 Å². The van der Waals surface area contributed by atoms with Crippen LogP contribution in [0.2, 0.25) is 5.02 Å². The van der Waals surface area contributed by atoms with Crippen molar-refractivity contribution in [1.82, 2.24) is 24.8 Å². The largest absolute Gasteiger partial charge is 0.350 e. The number of nitrogens with zero attached hydrogens (tertiary/aromatic N) is 4. The molecule has 0 spiro atoms. The highest BCUT2D eigenvalue weighted by Gasteiger charge is 2.04. The van der Waals surface area contributed by atoms with E-state index in [4.69, 9.17) is 11.6 Å². The second-order valence-electron chi connectivity index (χ2n) is 4.97. The molecule has 2 heterocycles. The molecule has 0 saturated heterocycles. The number of carbonyl (C=O) groups is 1. The minimum Gasteiger partial charge on any atom is -0.350 e. The fourth-order valence-corrected chi connectivity index (χ4v) is 2.12. The normalized spacial score (nSPS) is 10.4. The lowest BCUT2D eigenvalue weighted by molar-refractivity contribution is -0.119. The van der Waals surface area contributed by atoms with Gasteiger partial charge in [-0.2, -0.15) is 4.98 Å². The summed E-state index contributed by atoms with van der Waals surface area (Å²) in [6, 6.07) is 9.07. The molecule has 2 aromatic heterocycles. The summed E-state index contributed by atoms with van der Waals surface area (Å²) in [5, 5.41) is 6.39. The number of imidazole rings is 1. The van der Waals surface area contributed by atoms with Crippen molar-refractivity contribution in [2.24, 2.45) is 0 Å². The Morgan fingerprint density at radius 2 is 2.00 bits per heavy atom. The highest BCUT2D eigenvalue weighted by Crippen LogP contribution is 2.09. The van der Waals surface area contributed by atoms with Gasteiger partial charge in [0.2, 0.25) is 11.9 Å². The van der Waals surface area contributed by atoms with Gasteiger partial charge in [-0.25, -0.2) is 9.97 Å². The van der Waals surface area contributed by atoms with Crippen LogP contribution in [0.4, 0.5) is 5.95 Å². The van der Waals surface area contributed by atoms with Crippen LogP contribution in [0.15, 0.2) is 55.2 Å². The molecule has 0 bridgehead atoms. The van der Waals surface area contributed by atoms with Gasteiger partial charge in [-0.3, -0.25) is 9.36 Å². The van der Waals surface area contributed by atoms with Gasteiger partial charge in [-0.1, -0.05) is 23.7 Å². The quantitative estimate of drug-likeness (QED) is 0.716. The Kier molecular flexibility index (Phi) is 5.02. The molecular formula is C16H15ClN6O. The first-order valence-corrected chi connectivity index (χ1v) is 7.65. The van der Waals surface area contributed by atoms with Crippen LogP contribution in [0.5, 0.6) is 0 Å². The molecule has 0 fully saturated rings. The average Bonchev–Trinajstić information content (AvgIpc) is 3.14. The van der Waals surface area contributed by atoms with Gasteiger partial charge in [-0.15, -0.1) is 0 Å². The third-order valence-electron chi connectivity index (χ3n) is 3.22. The Morgan fingerprint density at radius 1 is 1.17 bits per heavy atom. The van der Waals surface area contributed by atoms with Crippen molar-refractivity contribution in [1.29, 1.82) is 0 Å². The molecule has 0 atom stereocenters. The number of hydrogen-bond donors (Lipinski definition) is 2. The second-order valence-corrected chi connectivity index (χ2v) is 5.40. The topological polar surface area (TPSA) is 84.7 Å². The van der Waals surface area contributed by atoms with Crippen LogP contribution in [-0.4, -0.2) is 32.0 Å². The molecule has 0 aliphatic heterocycles. The molecule has 3 rings (SSSR count). The summed E-state index contributed by atoms with van der Waals surface area (Å²) in [6.45, 7) is 0.522. The van der Waals surface area contributed by atoms with Crippen LogP contribution >= 0.6 is 11.6 Å². The van der Waals surface area contributed by atoms with Gasteiger partial charge in [0.15, 0.2) is 0 Å². The Morgan fingerprint density at radius 3 is 2.75 bits per heavy atom. The van der Waals surface area contributed by atoms with Gasteiger partial charge in [0.05, 0.1) is 6.54 Å². The molecule has 2 N–H and O–H groups in total. The second kappa shape index (κ2) is 7.56. The fourth-order valence-electron chi connectivity index (χ4n) is 2.00. The molecule has 1 aromatic carbocycles. The number of hydrogen-bond acceptors (Lipinski definition) is 5. The molecule has 0 unspecified atom stereocenters. The lowest BCUT2D eigenvalue weighted by atomic mass is 10.2. The summed E-state index contributed by atoms with van der Waals surface area (Å²) in [6.07, 6.45) is 6.71. The van der Waals surface area contributed by atoms with E-state index >= 15 is 0 Å². The Balaban J connectivity index is 1.51. The molecule has 3 aromatic rings. The Labute approximate surface area is 143 Å². The van der Waals surface area contributed by atoms with Crippen LogP contribution in [0, 0.1) is 0 Å². The van der Waals surface area contributed by atoms with Crippen LogP contribution < -0.4 is 10.6 Å². The first-order valence-electron chi connectivity index (χ1n) is 7.27. The predicted molar refractivity (Wildman–Crippen MR) is 90.9 cm³/mol. The van der Waals surface area contributed by atoms with E-state index in [1.54, 1.807) is 47.7 Å². The van der Waals surface area contributed by atoms with E-state index < -0.39 is 0 Å². The molecule has 8 heteroatoms. The van der Waals surface area contributed by atoms with Crippen LogP contribution in [-0.2, 0) is 11.3 Å². The molecule has 0 saturated carbocycles. The summed E-state index contributed by atoms with van der Waals surface area (Å²) in [5.74, 6) is 0.899. The van der Waals surface area contributed by atoms with Crippen LogP contribution in [0.25, 0.3) is 5.82 Å². The third-order valence-corrected chi connectivity index (χ3v) is 3.47. The van der Waals surface area contributed by atoms with Crippen molar-refractivity contribution in [2.45, 2.75) is 6.54 Å². The smallest absolute Gasteiger partial charge is 0.239 e. The number of anilines is 1. The molecule has 24 heavy (non-hydrogen) atoms. The van der Waals surface area contributed by atoms with E-state index in [-0.39, 0.29) is 12.5 Å². The minimum absolute atomic E-state index is 0.0843. The summed E-state index contributed by atoms with van der Waals surface area (Å²) in [5.41, 5.74) is 0.978. The first-order chi connectivity index (χ1) is 11.7. The number of halogens is 1. The fraction of sp³-hybridized carbons (Fsp3) is 0.125. The van der Waals surface area contributed by atoms with Crippen LogP contribution in [0.1, 0.15) is 5.56 Å². The third kappa shape index (κ3) is 4.30. The number of carbonyl (C=O) groups excluding carboxylic acids is 1. The molecule has 122 valence electrons. The zero-order valence-corrected chi connectivity index (χ0v) is 13.4. The van der Waals surface area contributed by atoms with Crippen LogP contribution in [0.3, 0.4) is 0 Å². The van der Waals surface area contributed by atoms with Gasteiger partial charge in [-0.05, 0) is 23.8 Å². The number of amides is 1. The first kappa shape index (κ1) is 15.9. The highest BCUT2D eigenvalue weighted by atomic mass is 35.5. The zero-order chi connectivity index (χ0) is 16.8. The molecular weight excluding hydrogens is 328 g/mol. The SMILES string of the molecule is O=C(CNc1nccc(-n2ccnc2)n1)NCc1ccc(Cl)cc1. The summed E-state index contributed by atoms with van der Waals surface area (Å²) >= 11 is 5.82. The van der Waals surface area contributed by atoms with Gasteiger partial charge in [0, 0.05) is 30.2 Å². The van der Waals surface area contributed by atoms with E-state index in [0.29, 0.717) is 23.3 Å². The average molecular weight is 343 g/mol. The van der Waals surface area contributed by atoms with Gasteiger partial charge in [0.25, 0.3) is 0 Å². The van der Waals surface area contributed by atoms with E-state index in [1.807, 2.05) is 12.1 Å². The van der Waals surface area contributed by atoms with Gasteiger partial charge >= 0.3 is 0 Å². The van der Waals surface area contributed by atoms with E-state index in [9.17, 15) is 4.79 Å². The Hall–Kier alpha value is -2.93. The van der Waals surface area contributed by atoms with E-state index in [1.165, 1.54) is 0 Å². The molecule has 0 radical (unpaired) electrons. The summed E-state index contributed by atoms with van der Waals surface area (Å²) in [7, 11) is 0. The van der Waals surface area contributed by atoms with Crippen molar-refractivity contribution in [3.05, 3.63) is 65.8 Å². The lowest BCUT2D eigenvalue weighted by Gasteiger charge is -2.08. The summed E-state index contributed by atoms with van der Waals surface area (Å²) < 4.78 is 1.76. The van der Waals surface area contributed by atoms with Gasteiger partial charge in [0.1, 0.15) is 12.1 Å². The van der Waals surface area contributed by atoms with Crippen molar-refractivity contribution < 1.29 is 4.79 Å². The maximum Gasteiger partial charge on any atom is 0.239 e. The van der Waals surface area contributed by atoms with Gasteiger partial charge < -0.3 is 10.6 Å². The Bertz CT molecular complexity index is 804. The van der Waals surface area contributed by atoms with E-state index in [2.05, 4.69) is 25.6 Å². The van der Waals surface area contributed by atoms with Crippen molar-refractivity contribution >= 4 is 23.5 Å². The molecule has 0 aliphatic carbocycles. The van der Waals surface area contributed by atoms with Crippen molar-refractivity contribution in [3.8, 4) is 5.82 Å². The standard InChI is InChI=1S/C16H15ClN6O/c17-13-3-1-12(2-4-13)9-20-15(24)10-21-16-19-6-5-14(22-16)23-8-7-18-11-23/h1-8,11H,9-10H2,(H,20,24)(H,19,21,22). The maximum atomic E-state index is 11.9. The summed E-state index contributed by atoms with van der Waals surface area (Å²) in [4.78, 5) is 24.3. The minimum atomic E-state index is -0.151.